The molecule has 5 nitrogen and oxygen atoms in total. The number of nitrogens with zero attached hydrogens (tertiary/aromatic N) is 2. The molecule has 3 aromatic carbocycles. The number of carbonyl (C=O) groups is 1. The van der Waals surface area contributed by atoms with Crippen LogP contribution >= 0.6 is 0 Å². The summed E-state index contributed by atoms with van der Waals surface area (Å²) in [5, 5.41) is 6.32. The maximum Gasteiger partial charge on any atom is 0.253 e. The van der Waals surface area contributed by atoms with Crippen molar-refractivity contribution < 1.29 is 4.79 Å². The zero-order valence-electron chi connectivity index (χ0n) is 16.0. The standard InChI is InChI=1S/C24H22N4O/c29-24(22-8-4-5-9-23(22)27-21-6-2-1-3-7-21)26-16-19-10-12-20(13-11-19)17-28-15-14-25-18-28/h1-15,18,27H,16-17H2,(H,26,29). The molecule has 0 aliphatic heterocycles. The summed E-state index contributed by atoms with van der Waals surface area (Å²) in [6.45, 7) is 1.26. The Morgan fingerprint density at radius 2 is 1.59 bits per heavy atom. The molecule has 1 amide bonds. The molecule has 5 heteroatoms. The molecule has 1 heterocycles. The molecule has 0 radical (unpaired) electrons. The summed E-state index contributed by atoms with van der Waals surface area (Å²) in [5.41, 5.74) is 4.60. The number of amides is 1. The zero-order chi connectivity index (χ0) is 19.9. The molecule has 1 aromatic heterocycles. The summed E-state index contributed by atoms with van der Waals surface area (Å²) < 4.78 is 2.02. The highest BCUT2D eigenvalue weighted by Crippen LogP contribution is 2.20. The van der Waals surface area contributed by atoms with E-state index in [1.54, 1.807) is 12.5 Å². The first-order valence-electron chi connectivity index (χ1n) is 9.51. The number of benzene rings is 3. The average molecular weight is 382 g/mol. The van der Waals surface area contributed by atoms with Crippen LogP contribution in [-0.2, 0) is 13.1 Å². The normalized spacial score (nSPS) is 10.5. The van der Waals surface area contributed by atoms with Gasteiger partial charge in [-0.15, -0.1) is 0 Å². The molecule has 4 aromatic rings. The molecule has 0 fully saturated rings. The SMILES string of the molecule is O=C(NCc1ccc(Cn2ccnc2)cc1)c1ccccc1Nc1ccccc1. The van der Waals surface area contributed by atoms with Gasteiger partial charge < -0.3 is 15.2 Å². The third-order valence-electron chi connectivity index (χ3n) is 4.62. The number of imidazole rings is 1. The lowest BCUT2D eigenvalue weighted by Gasteiger charge is -2.12. The lowest BCUT2D eigenvalue weighted by atomic mass is 10.1. The van der Waals surface area contributed by atoms with Crippen LogP contribution in [0.25, 0.3) is 0 Å². The van der Waals surface area contributed by atoms with E-state index in [1.165, 1.54) is 5.56 Å². The highest BCUT2D eigenvalue weighted by atomic mass is 16.1. The van der Waals surface area contributed by atoms with Crippen molar-refractivity contribution in [1.29, 1.82) is 0 Å². The van der Waals surface area contributed by atoms with Crippen LogP contribution in [0, 0.1) is 0 Å². The fourth-order valence-electron chi connectivity index (χ4n) is 3.10. The van der Waals surface area contributed by atoms with E-state index in [-0.39, 0.29) is 5.91 Å². The summed E-state index contributed by atoms with van der Waals surface area (Å²) in [7, 11) is 0. The minimum Gasteiger partial charge on any atom is -0.355 e. The van der Waals surface area contributed by atoms with Gasteiger partial charge in [-0.1, -0.05) is 54.6 Å². The van der Waals surface area contributed by atoms with Gasteiger partial charge in [0.1, 0.15) is 0 Å². The van der Waals surface area contributed by atoms with Gasteiger partial charge in [-0.05, 0) is 35.4 Å². The van der Waals surface area contributed by atoms with Crippen LogP contribution in [-0.4, -0.2) is 15.5 Å². The van der Waals surface area contributed by atoms with E-state index in [2.05, 4.69) is 27.8 Å². The number of hydrogen-bond acceptors (Lipinski definition) is 3. The van der Waals surface area contributed by atoms with E-state index in [4.69, 9.17) is 0 Å². The van der Waals surface area contributed by atoms with Crippen LogP contribution < -0.4 is 10.6 Å². The van der Waals surface area contributed by atoms with E-state index in [0.29, 0.717) is 12.1 Å². The number of anilines is 2. The Hall–Kier alpha value is -3.86. The van der Waals surface area contributed by atoms with E-state index >= 15 is 0 Å². The molecule has 0 saturated heterocycles. The van der Waals surface area contributed by atoms with Gasteiger partial charge in [0.05, 0.1) is 17.6 Å². The monoisotopic (exact) mass is 382 g/mol. The van der Waals surface area contributed by atoms with Crippen molar-refractivity contribution in [2.24, 2.45) is 0 Å². The molecule has 29 heavy (non-hydrogen) atoms. The maximum atomic E-state index is 12.7. The predicted molar refractivity (Wildman–Crippen MR) is 115 cm³/mol. The number of rotatable bonds is 7. The van der Waals surface area contributed by atoms with Crippen LogP contribution in [0.5, 0.6) is 0 Å². The van der Waals surface area contributed by atoms with Crippen molar-refractivity contribution in [3.8, 4) is 0 Å². The Kier molecular flexibility index (Phi) is 5.67. The highest BCUT2D eigenvalue weighted by Gasteiger charge is 2.11. The van der Waals surface area contributed by atoms with Crippen molar-refractivity contribution in [1.82, 2.24) is 14.9 Å². The largest absolute Gasteiger partial charge is 0.355 e. The third kappa shape index (κ3) is 4.90. The number of hydrogen-bond donors (Lipinski definition) is 2. The summed E-state index contributed by atoms with van der Waals surface area (Å²) in [6, 6.07) is 25.6. The number of para-hydroxylation sites is 2. The van der Waals surface area contributed by atoms with Crippen molar-refractivity contribution in [2.75, 3.05) is 5.32 Å². The van der Waals surface area contributed by atoms with Gasteiger partial charge in [-0.3, -0.25) is 4.79 Å². The number of aromatic nitrogens is 2. The van der Waals surface area contributed by atoms with Crippen LogP contribution in [0.3, 0.4) is 0 Å². The molecule has 144 valence electrons. The minimum atomic E-state index is -0.105. The maximum absolute atomic E-state index is 12.7. The van der Waals surface area contributed by atoms with Crippen molar-refractivity contribution in [3.05, 3.63) is 114 Å². The average Bonchev–Trinajstić information content (AvgIpc) is 3.27. The lowest BCUT2D eigenvalue weighted by molar-refractivity contribution is 0.0952. The molecule has 0 aliphatic rings. The van der Waals surface area contributed by atoms with Crippen molar-refractivity contribution in [3.63, 3.8) is 0 Å². The van der Waals surface area contributed by atoms with Gasteiger partial charge in [0.25, 0.3) is 5.91 Å². The van der Waals surface area contributed by atoms with Gasteiger partial charge in [-0.2, -0.15) is 0 Å². The third-order valence-corrected chi connectivity index (χ3v) is 4.62. The van der Waals surface area contributed by atoms with E-state index in [1.807, 2.05) is 77.5 Å². The topological polar surface area (TPSA) is 59.0 Å². The molecular formula is C24H22N4O. The number of carbonyl (C=O) groups excluding carboxylic acids is 1. The molecule has 0 unspecified atom stereocenters. The summed E-state index contributed by atoms with van der Waals surface area (Å²) in [4.78, 5) is 16.8. The van der Waals surface area contributed by atoms with Gasteiger partial charge >= 0.3 is 0 Å². The summed E-state index contributed by atoms with van der Waals surface area (Å²) in [6.07, 6.45) is 5.51. The first-order valence-corrected chi connectivity index (χ1v) is 9.51. The lowest BCUT2D eigenvalue weighted by Crippen LogP contribution is -2.23. The van der Waals surface area contributed by atoms with Gasteiger partial charge in [0, 0.05) is 31.2 Å². The number of nitrogens with one attached hydrogen (secondary N) is 2. The Morgan fingerprint density at radius 3 is 2.34 bits per heavy atom. The molecular weight excluding hydrogens is 360 g/mol. The van der Waals surface area contributed by atoms with Crippen LogP contribution in [0.15, 0.2) is 97.6 Å². The molecule has 0 atom stereocenters. The molecule has 4 rings (SSSR count). The van der Waals surface area contributed by atoms with Crippen LogP contribution in [0.1, 0.15) is 21.5 Å². The summed E-state index contributed by atoms with van der Waals surface area (Å²) in [5.74, 6) is -0.105. The second kappa shape index (κ2) is 8.89. The van der Waals surface area contributed by atoms with Crippen molar-refractivity contribution >= 4 is 17.3 Å². The Morgan fingerprint density at radius 1 is 0.862 bits per heavy atom. The highest BCUT2D eigenvalue weighted by molar-refractivity contribution is 6.00. The van der Waals surface area contributed by atoms with Gasteiger partial charge in [0.15, 0.2) is 0 Å². The Balaban J connectivity index is 1.38. The zero-order valence-corrected chi connectivity index (χ0v) is 16.0. The van der Waals surface area contributed by atoms with Gasteiger partial charge in [-0.25, -0.2) is 4.98 Å². The Bertz CT molecular complexity index is 1060. The molecule has 0 bridgehead atoms. The minimum absolute atomic E-state index is 0.105. The fourth-order valence-corrected chi connectivity index (χ4v) is 3.10. The van der Waals surface area contributed by atoms with E-state index < -0.39 is 0 Å². The molecule has 0 aliphatic carbocycles. The molecule has 0 spiro atoms. The first kappa shape index (κ1) is 18.5. The summed E-state index contributed by atoms with van der Waals surface area (Å²) >= 11 is 0. The first-order chi connectivity index (χ1) is 14.3. The predicted octanol–water partition coefficient (Wildman–Crippen LogP) is 4.61. The second-order valence-electron chi connectivity index (χ2n) is 6.77. The fraction of sp³-hybridized carbons (Fsp3) is 0.0833. The molecule has 0 saturated carbocycles. The van der Waals surface area contributed by atoms with Crippen LogP contribution in [0.2, 0.25) is 0 Å². The molecule has 2 N–H and O–H groups in total. The van der Waals surface area contributed by atoms with Crippen LogP contribution in [0.4, 0.5) is 11.4 Å². The second-order valence-corrected chi connectivity index (χ2v) is 6.77. The van der Waals surface area contributed by atoms with Crippen molar-refractivity contribution in [2.45, 2.75) is 13.1 Å². The van der Waals surface area contributed by atoms with E-state index in [0.717, 1.165) is 23.5 Å². The quantitative estimate of drug-likeness (QED) is 0.491. The smallest absolute Gasteiger partial charge is 0.253 e. The Labute approximate surface area is 170 Å². The van der Waals surface area contributed by atoms with Gasteiger partial charge in [0.2, 0.25) is 0 Å². The van der Waals surface area contributed by atoms with E-state index in [9.17, 15) is 4.79 Å².